The molecule has 0 spiro atoms. The minimum absolute atomic E-state index is 0.0693. The maximum absolute atomic E-state index is 12.3. The fourth-order valence-corrected chi connectivity index (χ4v) is 4.18. The Labute approximate surface area is 163 Å². The van der Waals surface area contributed by atoms with Gasteiger partial charge in [-0.2, -0.15) is 0 Å². The summed E-state index contributed by atoms with van der Waals surface area (Å²) in [6.07, 6.45) is 8.43. The van der Waals surface area contributed by atoms with Crippen LogP contribution in [0.5, 0.6) is 0 Å². The highest BCUT2D eigenvalue weighted by Crippen LogP contribution is 2.23. The van der Waals surface area contributed by atoms with Gasteiger partial charge in [-0.1, -0.05) is 49.6 Å². The molecule has 0 radical (unpaired) electrons. The van der Waals surface area contributed by atoms with E-state index in [0.717, 1.165) is 39.1 Å². The zero-order valence-corrected chi connectivity index (χ0v) is 16.4. The summed E-state index contributed by atoms with van der Waals surface area (Å²) in [6.45, 7) is 4.07. The maximum atomic E-state index is 12.3. The van der Waals surface area contributed by atoms with E-state index in [4.69, 9.17) is 10.5 Å². The van der Waals surface area contributed by atoms with Crippen molar-refractivity contribution in [1.29, 1.82) is 0 Å². The number of rotatable bonds is 8. The van der Waals surface area contributed by atoms with Gasteiger partial charge in [-0.15, -0.1) is 0 Å². The first-order chi connectivity index (χ1) is 13.2. The molecular weight excluding hydrogens is 338 g/mol. The first-order valence-corrected chi connectivity index (χ1v) is 10.6. The summed E-state index contributed by atoms with van der Waals surface area (Å²) in [5.41, 5.74) is 7.38. The SMILES string of the molecule is NC(COCC1CCCCC1)C(=O)NC1CCN(Cc2ccccc2)CC1. The molecule has 1 unspecified atom stereocenters. The molecule has 1 aliphatic carbocycles. The van der Waals surface area contributed by atoms with Crippen LogP contribution in [0.25, 0.3) is 0 Å². The summed E-state index contributed by atoms with van der Waals surface area (Å²) in [6, 6.07) is 10.2. The second kappa shape index (κ2) is 10.8. The molecule has 2 fully saturated rings. The number of piperidine rings is 1. The van der Waals surface area contributed by atoms with E-state index in [0.29, 0.717) is 12.5 Å². The molecule has 5 nitrogen and oxygen atoms in total. The van der Waals surface area contributed by atoms with Gasteiger partial charge in [-0.25, -0.2) is 0 Å². The fraction of sp³-hybridized carbons (Fsp3) is 0.682. The van der Waals surface area contributed by atoms with Crippen LogP contribution in [0.4, 0.5) is 0 Å². The van der Waals surface area contributed by atoms with Gasteiger partial charge in [-0.3, -0.25) is 9.69 Å². The Balaban J connectivity index is 1.30. The Hall–Kier alpha value is -1.43. The number of nitrogens with zero attached hydrogens (tertiary/aromatic N) is 1. The lowest BCUT2D eigenvalue weighted by Gasteiger charge is -2.32. The van der Waals surface area contributed by atoms with Crippen LogP contribution in [0.1, 0.15) is 50.5 Å². The van der Waals surface area contributed by atoms with E-state index in [9.17, 15) is 4.79 Å². The first-order valence-electron chi connectivity index (χ1n) is 10.6. The van der Waals surface area contributed by atoms with E-state index in [2.05, 4.69) is 34.5 Å². The van der Waals surface area contributed by atoms with E-state index in [1.54, 1.807) is 0 Å². The topological polar surface area (TPSA) is 67.6 Å². The minimum Gasteiger partial charge on any atom is -0.379 e. The smallest absolute Gasteiger partial charge is 0.239 e. The molecule has 3 N–H and O–H groups in total. The maximum Gasteiger partial charge on any atom is 0.239 e. The standard InChI is InChI=1S/C22H35N3O2/c23-21(17-27-16-19-9-5-2-6-10-19)22(26)24-20-11-13-25(14-12-20)15-18-7-3-1-4-8-18/h1,3-4,7-8,19-21H,2,5-6,9-17,23H2,(H,24,26). The number of nitrogens with one attached hydrogen (secondary N) is 1. The van der Waals surface area contributed by atoms with Gasteiger partial charge in [0.15, 0.2) is 0 Å². The Morgan fingerprint density at radius 3 is 2.52 bits per heavy atom. The average molecular weight is 374 g/mol. The number of hydrogen-bond donors (Lipinski definition) is 2. The zero-order valence-electron chi connectivity index (χ0n) is 16.4. The number of likely N-dealkylation sites (tertiary alicyclic amines) is 1. The third-order valence-electron chi connectivity index (χ3n) is 5.90. The second-order valence-corrected chi connectivity index (χ2v) is 8.19. The highest BCUT2D eigenvalue weighted by atomic mass is 16.5. The molecule has 0 aromatic heterocycles. The first kappa shape index (κ1) is 20.3. The van der Waals surface area contributed by atoms with E-state index < -0.39 is 6.04 Å². The predicted molar refractivity (Wildman–Crippen MR) is 108 cm³/mol. The summed E-state index contributed by atoms with van der Waals surface area (Å²) in [4.78, 5) is 14.8. The van der Waals surface area contributed by atoms with Crippen LogP contribution >= 0.6 is 0 Å². The van der Waals surface area contributed by atoms with Crippen molar-refractivity contribution in [3.63, 3.8) is 0 Å². The zero-order chi connectivity index (χ0) is 18.9. The molecule has 1 aliphatic heterocycles. The van der Waals surface area contributed by atoms with Crippen LogP contribution in [0, 0.1) is 5.92 Å². The fourth-order valence-electron chi connectivity index (χ4n) is 4.18. The Bertz CT molecular complexity index is 552. The Morgan fingerprint density at radius 1 is 1.11 bits per heavy atom. The van der Waals surface area contributed by atoms with Gasteiger partial charge in [0.2, 0.25) is 5.91 Å². The van der Waals surface area contributed by atoms with Crippen molar-refractivity contribution in [2.24, 2.45) is 11.7 Å². The van der Waals surface area contributed by atoms with Gasteiger partial charge in [0.1, 0.15) is 6.04 Å². The van der Waals surface area contributed by atoms with Crippen LogP contribution in [0.15, 0.2) is 30.3 Å². The number of nitrogens with two attached hydrogens (primary N) is 1. The number of hydrogen-bond acceptors (Lipinski definition) is 4. The number of ether oxygens (including phenoxy) is 1. The van der Waals surface area contributed by atoms with Crippen molar-refractivity contribution >= 4 is 5.91 Å². The molecule has 3 rings (SSSR count). The van der Waals surface area contributed by atoms with Crippen molar-refractivity contribution in [3.05, 3.63) is 35.9 Å². The van der Waals surface area contributed by atoms with Crippen LogP contribution in [0.2, 0.25) is 0 Å². The molecule has 1 heterocycles. The van der Waals surface area contributed by atoms with Crippen LogP contribution < -0.4 is 11.1 Å². The molecule has 27 heavy (non-hydrogen) atoms. The van der Waals surface area contributed by atoms with Gasteiger partial charge in [-0.05, 0) is 37.2 Å². The van der Waals surface area contributed by atoms with Crippen molar-refractivity contribution in [3.8, 4) is 0 Å². The monoisotopic (exact) mass is 373 g/mol. The molecule has 1 saturated heterocycles. The Kier molecular flexibility index (Phi) is 8.11. The lowest BCUT2D eigenvalue weighted by atomic mass is 9.90. The molecule has 1 saturated carbocycles. The van der Waals surface area contributed by atoms with Gasteiger partial charge in [0.25, 0.3) is 0 Å². The Morgan fingerprint density at radius 2 is 1.81 bits per heavy atom. The van der Waals surface area contributed by atoms with Crippen molar-refractivity contribution in [2.45, 2.75) is 63.6 Å². The van der Waals surface area contributed by atoms with Crippen LogP contribution in [0.3, 0.4) is 0 Å². The molecule has 150 valence electrons. The third-order valence-corrected chi connectivity index (χ3v) is 5.90. The average Bonchev–Trinajstić information content (AvgIpc) is 2.71. The molecule has 1 aromatic rings. The number of carbonyl (C=O) groups excluding carboxylic acids is 1. The molecule has 0 bridgehead atoms. The summed E-state index contributed by atoms with van der Waals surface area (Å²) >= 11 is 0. The third kappa shape index (κ3) is 6.91. The largest absolute Gasteiger partial charge is 0.379 e. The lowest BCUT2D eigenvalue weighted by molar-refractivity contribution is -0.124. The quantitative estimate of drug-likeness (QED) is 0.735. The number of amides is 1. The van der Waals surface area contributed by atoms with Gasteiger partial charge in [0.05, 0.1) is 6.61 Å². The minimum atomic E-state index is -0.559. The molecule has 1 amide bonds. The van der Waals surface area contributed by atoms with Crippen molar-refractivity contribution < 1.29 is 9.53 Å². The van der Waals surface area contributed by atoms with E-state index >= 15 is 0 Å². The predicted octanol–water partition coefficient (Wildman–Crippen LogP) is 2.69. The van der Waals surface area contributed by atoms with Gasteiger partial charge in [0, 0.05) is 32.3 Å². The summed E-state index contributed by atoms with van der Waals surface area (Å²) in [7, 11) is 0. The molecule has 2 aliphatic rings. The number of benzene rings is 1. The summed E-state index contributed by atoms with van der Waals surface area (Å²) in [5.74, 6) is 0.586. The van der Waals surface area contributed by atoms with Crippen molar-refractivity contribution in [2.75, 3.05) is 26.3 Å². The van der Waals surface area contributed by atoms with E-state index in [1.165, 1.54) is 37.7 Å². The van der Waals surface area contributed by atoms with Gasteiger partial charge < -0.3 is 15.8 Å². The molecular formula is C22H35N3O2. The highest BCUT2D eigenvalue weighted by Gasteiger charge is 2.23. The van der Waals surface area contributed by atoms with Crippen LogP contribution in [-0.2, 0) is 16.1 Å². The van der Waals surface area contributed by atoms with Crippen molar-refractivity contribution in [1.82, 2.24) is 10.2 Å². The summed E-state index contributed by atoms with van der Waals surface area (Å²) < 4.78 is 5.73. The molecule has 1 aromatic carbocycles. The normalized spacial score (nSPS) is 21.1. The second-order valence-electron chi connectivity index (χ2n) is 8.19. The molecule has 5 heteroatoms. The highest BCUT2D eigenvalue weighted by molar-refractivity contribution is 5.81. The van der Waals surface area contributed by atoms with E-state index in [-0.39, 0.29) is 11.9 Å². The molecule has 1 atom stereocenters. The summed E-state index contributed by atoms with van der Waals surface area (Å²) in [5, 5.41) is 3.12. The van der Waals surface area contributed by atoms with E-state index in [1.807, 2.05) is 6.07 Å². The van der Waals surface area contributed by atoms with Gasteiger partial charge >= 0.3 is 0 Å². The lowest BCUT2D eigenvalue weighted by Crippen LogP contribution is -2.50. The number of carbonyl (C=O) groups is 1. The van der Waals surface area contributed by atoms with Crippen LogP contribution in [-0.4, -0.2) is 49.2 Å².